The minimum atomic E-state index is -1.09. The van der Waals surface area contributed by atoms with Gasteiger partial charge in [0.2, 0.25) is 0 Å². The van der Waals surface area contributed by atoms with E-state index in [1.54, 1.807) is 18.2 Å². The molecule has 0 amide bonds. The summed E-state index contributed by atoms with van der Waals surface area (Å²) in [6.07, 6.45) is 2.02. The molecule has 2 nitrogen and oxygen atoms in total. The van der Waals surface area contributed by atoms with Crippen molar-refractivity contribution in [1.29, 1.82) is 0 Å². The smallest absolute Gasteiger partial charge is 0.0592 e. The van der Waals surface area contributed by atoms with Crippen LogP contribution in [0.4, 0.5) is 0 Å². The predicted octanol–water partition coefficient (Wildman–Crippen LogP) is 3.49. The molecule has 1 aliphatic rings. The molecule has 5 heteroatoms. The Balaban J connectivity index is 2.24. The largest absolute Gasteiger partial charge is 0.317 e. The summed E-state index contributed by atoms with van der Waals surface area (Å²) in [5.74, 6) is 0.380. The highest BCUT2D eigenvalue weighted by molar-refractivity contribution is 7.85. The molecule has 0 saturated heterocycles. The topological polar surface area (TPSA) is 29.1 Å². The predicted molar refractivity (Wildman–Crippen MR) is 77.9 cm³/mol. The summed E-state index contributed by atoms with van der Waals surface area (Å²) in [5.41, 5.74) is 0. The van der Waals surface area contributed by atoms with Gasteiger partial charge in [-0.25, -0.2) is 0 Å². The summed E-state index contributed by atoms with van der Waals surface area (Å²) < 4.78 is 12.6. The molecule has 1 aliphatic carbocycles. The number of benzene rings is 1. The van der Waals surface area contributed by atoms with Gasteiger partial charge in [-0.05, 0) is 44.0 Å². The molecule has 100 valence electrons. The molecule has 1 aromatic rings. The lowest BCUT2D eigenvalue weighted by Gasteiger charge is -2.20. The highest BCUT2D eigenvalue weighted by Crippen LogP contribution is 2.35. The van der Waals surface area contributed by atoms with Crippen LogP contribution in [0.5, 0.6) is 0 Å². The minimum absolute atomic E-state index is 0.151. The fourth-order valence-corrected chi connectivity index (χ4v) is 4.97. The number of rotatable bonds is 3. The van der Waals surface area contributed by atoms with Crippen molar-refractivity contribution >= 4 is 34.0 Å². The van der Waals surface area contributed by atoms with Gasteiger partial charge in [0, 0.05) is 16.3 Å². The third-order valence-electron chi connectivity index (χ3n) is 3.74. The Bertz CT molecular complexity index is 466. The standard InChI is InChI=1S/C13H17Cl2NOS/c1-8-11(16-2)5-6-12(8)18(17)13-7-9(14)3-4-10(13)15/h3-4,7-8,11-12,16H,5-6H2,1-2H3. The van der Waals surface area contributed by atoms with Crippen LogP contribution in [0.25, 0.3) is 0 Å². The van der Waals surface area contributed by atoms with Crippen LogP contribution in [-0.4, -0.2) is 22.5 Å². The third kappa shape index (κ3) is 2.74. The van der Waals surface area contributed by atoms with E-state index < -0.39 is 10.8 Å². The second-order valence-corrected chi connectivity index (χ2v) is 7.23. The molecule has 2 rings (SSSR count). The van der Waals surface area contributed by atoms with Gasteiger partial charge in [-0.1, -0.05) is 30.1 Å². The average Bonchev–Trinajstić information content (AvgIpc) is 2.72. The molecule has 0 heterocycles. The summed E-state index contributed by atoms with van der Waals surface area (Å²) in [4.78, 5) is 0.665. The average molecular weight is 306 g/mol. The second kappa shape index (κ2) is 5.91. The SMILES string of the molecule is CNC1CCC(S(=O)c2cc(Cl)ccc2Cl)C1C. The summed E-state index contributed by atoms with van der Waals surface area (Å²) in [7, 11) is 0.868. The maximum Gasteiger partial charge on any atom is 0.0592 e. The van der Waals surface area contributed by atoms with Crippen molar-refractivity contribution in [3.8, 4) is 0 Å². The van der Waals surface area contributed by atoms with Gasteiger partial charge in [0.25, 0.3) is 0 Å². The monoisotopic (exact) mass is 305 g/mol. The minimum Gasteiger partial charge on any atom is -0.317 e. The Morgan fingerprint density at radius 3 is 2.67 bits per heavy atom. The fourth-order valence-electron chi connectivity index (χ4n) is 2.63. The summed E-state index contributed by atoms with van der Waals surface area (Å²) in [6, 6.07) is 5.60. The molecule has 0 aromatic heterocycles. The van der Waals surface area contributed by atoms with Crippen LogP contribution in [-0.2, 0) is 10.8 Å². The molecule has 0 spiro atoms. The van der Waals surface area contributed by atoms with Crippen LogP contribution in [0, 0.1) is 5.92 Å². The first kappa shape index (κ1) is 14.3. The van der Waals surface area contributed by atoms with Gasteiger partial charge in [0.15, 0.2) is 0 Å². The maximum atomic E-state index is 12.6. The molecule has 0 bridgehead atoms. The molecule has 1 aromatic carbocycles. The van der Waals surface area contributed by atoms with Crippen LogP contribution in [0.2, 0.25) is 10.0 Å². The van der Waals surface area contributed by atoms with Crippen LogP contribution in [0.15, 0.2) is 23.1 Å². The molecule has 4 unspecified atom stereocenters. The number of hydrogen-bond acceptors (Lipinski definition) is 2. The highest BCUT2D eigenvalue weighted by atomic mass is 35.5. The Morgan fingerprint density at radius 1 is 1.33 bits per heavy atom. The van der Waals surface area contributed by atoms with E-state index in [2.05, 4.69) is 12.2 Å². The zero-order valence-corrected chi connectivity index (χ0v) is 12.8. The lowest BCUT2D eigenvalue weighted by molar-refractivity contribution is 0.460. The zero-order valence-electron chi connectivity index (χ0n) is 10.5. The summed E-state index contributed by atoms with van der Waals surface area (Å²) in [6.45, 7) is 2.15. The van der Waals surface area contributed by atoms with Gasteiger partial charge >= 0.3 is 0 Å². The molecule has 1 fully saturated rings. The maximum absolute atomic E-state index is 12.6. The van der Waals surface area contributed by atoms with Crippen molar-refractivity contribution in [3.05, 3.63) is 28.2 Å². The zero-order chi connectivity index (χ0) is 13.3. The van der Waals surface area contributed by atoms with E-state index in [-0.39, 0.29) is 5.25 Å². The Hall–Kier alpha value is -0.0900. The van der Waals surface area contributed by atoms with Gasteiger partial charge < -0.3 is 5.32 Å². The van der Waals surface area contributed by atoms with E-state index in [1.807, 2.05) is 7.05 Å². The van der Waals surface area contributed by atoms with Crippen molar-refractivity contribution in [2.45, 2.75) is 36.0 Å². The number of hydrogen-bond donors (Lipinski definition) is 1. The quantitative estimate of drug-likeness (QED) is 0.926. The first-order valence-corrected chi connectivity index (χ1v) is 8.04. The van der Waals surface area contributed by atoms with Gasteiger partial charge in [-0.3, -0.25) is 4.21 Å². The summed E-state index contributed by atoms with van der Waals surface area (Å²) >= 11 is 12.1. The van der Waals surface area contributed by atoms with Crippen molar-refractivity contribution in [1.82, 2.24) is 5.32 Å². The second-order valence-electron chi connectivity index (χ2n) is 4.74. The highest BCUT2D eigenvalue weighted by Gasteiger charge is 2.36. The van der Waals surface area contributed by atoms with Crippen LogP contribution >= 0.6 is 23.2 Å². The molecule has 18 heavy (non-hydrogen) atoms. The van der Waals surface area contributed by atoms with Gasteiger partial charge in [0.05, 0.1) is 20.7 Å². The van der Waals surface area contributed by atoms with Gasteiger partial charge in [0.1, 0.15) is 0 Å². The van der Waals surface area contributed by atoms with Crippen LogP contribution < -0.4 is 5.32 Å². The number of halogens is 2. The van der Waals surface area contributed by atoms with E-state index >= 15 is 0 Å². The molecule has 4 atom stereocenters. The van der Waals surface area contributed by atoms with Gasteiger partial charge in [-0.15, -0.1) is 0 Å². The van der Waals surface area contributed by atoms with E-state index in [9.17, 15) is 4.21 Å². The molecule has 1 saturated carbocycles. The molecule has 0 aliphatic heterocycles. The first-order valence-electron chi connectivity index (χ1n) is 6.07. The normalized spacial score (nSPS) is 29.4. The van der Waals surface area contributed by atoms with E-state index in [4.69, 9.17) is 23.2 Å². The van der Waals surface area contributed by atoms with Crippen molar-refractivity contribution in [2.75, 3.05) is 7.05 Å². The molecular formula is C13H17Cl2NOS. The fraction of sp³-hybridized carbons (Fsp3) is 0.538. The van der Waals surface area contributed by atoms with Crippen molar-refractivity contribution in [3.63, 3.8) is 0 Å². The lowest BCUT2D eigenvalue weighted by Crippen LogP contribution is -2.32. The first-order chi connectivity index (χ1) is 8.54. The van der Waals surface area contributed by atoms with Crippen LogP contribution in [0.1, 0.15) is 19.8 Å². The molecule has 1 N–H and O–H groups in total. The van der Waals surface area contributed by atoms with E-state index in [0.717, 1.165) is 12.8 Å². The van der Waals surface area contributed by atoms with E-state index in [0.29, 0.717) is 26.9 Å². The van der Waals surface area contributed by atoms with Crippen molar-refractivity contribution < 1.29 is 4.21 Å². The third-order valence-corrected chi connectivity index (χ3v) is 6.40. The Kier molecular flexibility index (Phi) is 4.70. The van der Waals surface area contributed by atoms with Crippen molar-refractivity contribution in [2.24, 2.45) is 5.92 Å². The molecule has 0 radical (unpaired) electrons. The number of nitrogens with one attached hydrogen (secondary N) is 1. The van der Waals surface area contributed by atoms with Crippen LogP contribution in [0.3, 0.4) is 0 Å². The molecular weight excluding hydrogens is 289 g/mol. The van der Waals surface area contributed by atoms with E-state index in [1.165, 1.54) is 0 Å². The summed E-state index contributed by atoms with van der Waals surface area (Å²) in [5, 5.41) is 4.56. The van der Waals surface area contributed by atoms with Gasteiger partial charge in [-0.2, -0.15) is 0 Å². The Morgan fingerprint density at radius 2 is 2.06 bits per heavy atom. The Labute approximate surface area is 121 Å². The lowest BCUT2D eigenvalue weighted by atomic mass is 10.1.